The molecule has 0 saturated carbocycles. The zero-order valence-corrected chi connectivity index (χ0v) is 6.23. The molecule has 11 heavy (non-hydrogen) atoms. The highest BCUT2D eigenvalue weighted by Gasteiger charge is 1.75. The van der Waals surface area contributed by atoms with Crippen molar-refractivity contribution in [3.8, 4) is 0 Å². The summed E-state index contributed by atoms with van der Waals surface area (Å²) in [6.45, 7) is 0.733. The van der Waals surface area contributed by atoms with Crippen LogP contribution in [-0.4, -0.2) is 11.6 Å². The smallest absolute Gasteiger partial charge is 0.106 e. The highest BCUT2D eigenvalue weighted by Crippen LogP contribution is 1.87. The fraction of sp³-hybridized carbons (Fsp3) is 0.111. The average Bonchev–Trinajstić information content (AvgIpc) is 2.64. The molecule has 0 unspecified atom stereocenters. The third-order valence-electron chi connectivity index (χ3n) is 1.11. The summed E-state index contributed by atoms with van der Waals surface area (Å²) in [4.78, 5) is 2.86. The monoisotopic (exact) mass is 149 g/mol. The number of aromatic amines is 1. The molecule has 0 fully saturated rings. The highest BCUT2D eigenvalue weighted by atomic mass is 16.5. The summed E-state index contributed by atoms with van der Waals surface area (Å²) >= 11 is 0. The number of hydrogen-bond donors (Lipinski definition) is 1. The molecule has 0 aromatic carbocycles. The second kappa shape index (κ2) is 5.35. The van der Waals surface area contributed by atoms with E-state index in [-0.39, 0.29) is 0 Å². The molecule has 2 heteroatoms. The van der Waals surface area contributed by atoms with Gasteiger partial charge in [0.2, 0.25) is 0 Å². The third-order valence-corrected chi connectivity index (χ3v) is 1.11. The summed E-state index contributed by atoms with van der Waals surface area (Å²) in [6, 6.07) is 3.89. The number of aromatic nitrogens is 1. The Balaban J connectivity index is 0.000000112. The molecule has 0 saturated heterocycles. The predicted octanol–water partition coefficient (Wildman–Crippen LogP) is 2.10. The van der Waals surface area contributed by atoms with Crippen LogP contribution < -0.4 is 0 Å². The normalized spacial score (nSPS) is 13.1. The second-order valence-electron chi connectivity index (χ2n) is 1.97. The van der Waals surface area contributed by atoms with Crippen LogP contribution in [0.25, 0.3) is 0 Å². The predicted molar refractivity (Wildman–Crippen MR) is 45.0 cm³/mol. The molecule has 0 radical (unpaired) electrons. The molecule has 0 bridgehead atoms. The molecule has 2 nitrogen and oxygen atoms in total. The number of rotatable bonds is 0. The Bertz CT molecular complexity index is 182. The molecule has 1 N–H and O–H groups in total. The fourth-order valence-electron chi connectivity index (χ4n) is 0.624. The first-order valence-corrected chi connectivity index (χ1v) is 3.51. The van der Waals surface area contributed by atoms with E-state index >= 15 is 0 Å². The van der Waals surface area contributed by atoms with Gasteiger partial charge in [0.05, 0.1) is 6.26 Å². The Morgan fingerprint density at radius 2 is 1.91 bits per heavy atom. The molecule has 1 aliphatic heterocycles. The first kappa shape index (κ1) is 7.66. The minimum atomic E-state index is 0.733. The van der Waals surface area contributed by atoms with Gasteiger partial charge < -0.3 is 9.72 Å². The topological polar surface area (TPSA) is 25.0 Å². The van der Waals surface area contributed by atoms with E-state index in [9.17, 15) is 0 Å². The van der Waals surface area contributed by atoms with Crippen LogP contribution in [0.4, 0.5) is 0 Å². The van der Waals surface area contributed by atoms with E-state index < -0.39 is 0 Å². The van der Waals surface area contributed by atoms with Gasteiger partial charge >= 0.3 is 0 Å². The molecular weight excluding hydrogens is 138 g/mol. The van der Waals surface area contributed by atoms with Gasteiger partial charge in [-0.25, -0.2) is 0 Å². The van der Waals surface area contributed by atoms with Crippen LogP contribution in [-0.2, 0) is 4.74 Å². The fourth-order valence-corrected chi connectivity index (χ4v) is 0.624. The van der Waals surface area contributed by atoms with Gasteiger partial charge in [-0.05, 0) is 24.3 Å². The summed E-state index contributed by atoms with van der Waals surface area (Å²) in [5.41, 5.74) is 0. The van der Waals surface area contributed by atoms with Gasteiger partial charge in [-0.2, -0.15) is 0 Å². The van der Waals surface area contributed by atoms with E-state index in [1.807, 2.05) is 42.8 Å². The third kappa shape index (κ3) is 4.03. The zero-order chi connectivity index (χ0) is 7.78. The lowest BCUT2D eigenvalue weighted by atomic mass is 10.5. The molecule has 2 rings (SSSR count). The molecule has 0 spiro atoms. The largest absolute Gasteiger partial charge is 0.497 e. The molecule has 58 valence electrons. The molecule has 0 amide bonds. The molecule has 0 aliphatic carbocycles. The van der Waals surface area contributed by atoms with Gasteiger partial charge in [0.15, 0.2) is 0 Å². The van der Waals surface area contributed by atoms with Gasteiger partial charge in [0.1, 0.15) is 6.61 Å². The molecule has 1 aliphatic rings. The van der Waals surface area contributed by atoms with Gasteiger partial charge in [-0.1, -0.05) is 6.08 Å². The van der Waals surface area contributed by atoms with E-state index in [1.54, 1.807) is 6.26 Å². The maximum atomic E-state index is 4.80. The first-order chi connectivity index (χ1) is 5.50. The van der Waals surface area contributed by atoms with Crippen molar-refractivity contribution in [2.75, 3.05) is 6.61 Å². The standard InChI is InChI=1S/C5H6O.C4H5N/c1-2-4-6-5-3-1;1-2-4-5-3-1/h1-4H,5H2;1-5H. The van der Waals surface area contributed by atoms with E-state index in [1.165, 1.54) is 0 Å². The second-order valence-corrected chi connectivity index (χ2v) is 1.97. The van der Waals surface area contributed by atoms with Crippen LogP contribution in [0.5, 0.6) is 0 Å². The minimum Gasteiger partial charge on any atom is -0.497 e. The van der Waals surface area contributed by atoms with Gasteiger partial charge in [0, 0.05) is 12.4 Å². The lowest BCUT2D eigenvalue weighted by molar-refractivity contribution is 0.286. The van der Waals surface area contributed by atoms with Gasteiger partial charge in [0.25, 0.3) is 0 Å². The molecule has 1 aromatic rings. The Morgan fingerprint density at radius 1 is 1.09 bits per heavy atom. The van der Waals surface area contributed by atoms with Crippen LogP contribution in [0.3, 0.4) is 0 Å². The van der Waals surface area contributed by atoms with Gasteiger partial charge in [-0.3, -0.25) is 0 Å². The van der Waals surface area contributed by atoms with Crippen molar-refractivity contribution in [3.63, 3.8) is 0 Å². The van der Waals surface area contributed by atoms with Gasteiger partial charge in [-0.15, -0.1) is 0 Å². The van der Waals surface area contributed by atoms with Crippen molar-refractivity contribution < 1.29 is 4.74 Å². The van der Waals surface area contributed by atoms with Crippen LogP contribution in [0.1, 0.15) is 0 Å². The van der Waals surface area contributed by atoms with E-state index in [0.29, 0.717) is 0 Å². The molecular formula is C9H11NO. The van der Waals surface area contributed by atoms with Crippen molar-refractivity contribution in [1.29, 1.82) is 0 Å². The molecule has 0 atom stereocenters. The zero-order valence-electron chi connectivity index (χ0n) is 6.23. The maximum absolute atomic E-state index is 4.80. The first-order valence-electron chi connectivity index (χ1n) is 3.51. The van der Waals surface area contributed by atoms with E-state index in [2.05, 4.69) is 4.98 Å². The Hall–Kier alpha value is -1.44. The van der Waals surface area contributed by atoms with E-state index in [0.717, 1.165) is 6.61 Å². The summed E-state index contributed by atoms with van der Waals surface area (Å²) < 4.78 is 4.80. The van der Waals surface area contributed by atoms with Crippen molar-refractivity contribution in [1.82, 2.24) is 4.98 Å². The number of H-pyrrole nitrogens is 1. The van der Waals surface area contributed by atoms with Crippen LogP contribution >= 0.6 is 0 Å². The molecule has 2 heterocycles. The lowest BCUT2D eigenvalue weighted by Crippen LogP contribution is -1.82. The lowest BCUT2D eigenvalue weighted by Gasteiger charge is -1.94. The Morgan fingerprint density at radius 3 is 2.09 bits per heavy atom. The SMILES string of the molecule is C1=CCOC=C1.c1cc[nH]c1. The van der Waals surface area contributed by atoms with Crippen molar-refractivity contribution >= 4 is 0 Å². The Labute approximate surface area is 66.2 Å². The number of hydrogen-bond acceptors (Lipinski definition) is 1. The minimum absolute atomic E-state index is 0.733. The summed E-state index contributed by atoms with van der Waals surface area (Å²) in [7, 11) is 0. The molecule has 1 aromatic heterocycles. The van der Waals surface area contributed by atoms with Crippen LogP contribution in [0.15, 0.2) is 49.0 Å². The number of ether oxygens (including phenoxy) is 1. The summed E-state index contributed by atoms with van der Waals surface area (Å²) in [6.07, 6.45) is 11.2. The van der Waals surface area contributed by atoms with Crippen LogP contribution in [0.2, 0.25) is 0 Å². The van der Waals surface area contributed by atoms with E-state index in [4.69, 9.17) is 4.74 Å². The summed E-state index contributed by atoms with van der Waals surface area (Å²) in [5.74, 6) is 0. The quantitative estimate of drug-likeness (QED) is 0.600. The van der Waals surface area contributed by atoms with Crippen molar-refractivity contribution in [2.45, 2.75) is 0 Å². The highest BCUT2D eigenvalue weighted by molar-refractivity contribution is 5.02. The van der Waals surface area contributed by atoms with Crippen molar-refractivity contribution in [2.24, 2.45) is 0 Å². The number of allylic oxidation sites excluding steroid dienone is 2. The van der Waals surface area contributed by atoms with Crippen LogP contribution in [0, 0.1) is 0 Å². The van der Waals surface area contributed by atoms with Crippen molar-refractivity contribution in [3.05, 3.63) is 49.0 Å². The Kier molecular flexibility index (Phi) is 3.73. The average molecular weight is 149 g/mol. The maximum Gasteiger partial charge on any atom is 0.106 e. The number of nitrogens with one attached hydrogen (secondary N) is 1. The summed E-state index contributed by atoms with van der Waals surface area (Å²) in [5, 5.41) is 0.